The van der Waals surface area contributed by atoms with Gasteiger partial charge in [-0.05, 0) is 24.3 Å². The van der Waals surface area contributed by atoms with Crippen molar-refractivity contribution in [2.24, 2.45) is 0 Å². The Kier molecular flexibility index (Phi) is 4.43. The Morgan fingerprint density at radius 3 is 2.96 bits per heavy atom. The minimum absolute atomic E-state index is 0.432. The minimum Gasteiger partial charge on any atom is -0.416 e. The third-order valence-corrected chi connectivity index (χ3v) is 5.57. The molecule has 1 aliphatic rings. The van der Waals surface area contributed by atoms with Gasteiger partial charge in [0.2, 0.25) is 5.89 Å². The molecule has 0 amide bonds. The van der Waals surface area contributed by atoms with Gasteiger partial charge in [0, 0.05) is 5.92 Å². The maximum atomic E-state index is 5.78. The van der Waals surface area contributed by atoms with E-state index in [1.54, 1.807) is 11.3 Å². The van der Waals surface area contributed by atoms with Crippen LogP contribution in [0.2, 0.25) is 0 Å². The van der Waals surface area contributed by atoms with Crippen molar-refractivity contribution in [1.29, 1.82) is 0 Å². The van der Waals surface area contributed by atoms with Crippen LogP contribution >= 0.6 is 23.1 Å². The summed E-state index contributed by atoms with van der Waals surface area (Å²) in [5.41, 5.74) is 0. The van der Waals surface area contributed by atoms with Crippen LogP contribution in [0.1, 0.15) is 49.7 Å². The molecule has 1 saturated carbocycles. The zero-order chi connectivity index (χ0) is 15.5. The summed E-state index contributed by atoms with van der Waals surface area (Å²) in [4.78, 5) is 5.36. The van der Waals surface area contributed by atoms with Gasteiger partial charge in [-0.15, -0.1) is 21.5 Å². The largest absolute Gasteiger partial charge is 0.416 e. The molecule has 0 spiro atoms. The van der Waals surface area contributed by atoms with Gasteiger partial charge in [0.25, 0.3) is 11.1 Å². The van der Waals surface area contributed by atoms with Crippen LogP contribution in [-0.4, -0.2) is 20.3 Å². The lowest BCUT2D eigenvalue weighted by atomic mass is 9.89. The molecule has 0 N–H and O–H groups in total. The van der Waals surface area contributed by atoms with E-state index in [1.165, 1.54) is 31.0 Å². The number of thioether (sulfide) groups is 1. The Hall–Kier alpha value is -1.67. The van der Waals surface area contributed by atoms with Crippen LogP contribution in [0.5, 0.6) is 0 Å². The van der Waals surface area contributed by atoms with Gasteiger partial charge in [0.15, 0.2) is 5.82 Å². The third kappa shape index (κ3) is 3.48. The molecular formula is C15H16N4O2S2. The minimum atomic E-state index is 0.432. The Balaban J connectivity index is 1.37. The zero-order valence-corrected chi connectivity index (χ0v) is 14.1. The molecule has 1 aliphatic carbocycles. The quantitative estimate of drug-likeness (QED) is 0.627. The van der Waals surface area contributed by atoms with Crippen LogP contribution in [0.4, 0.5) is 0 Å². The van der Waals surface area contributed by atoms with Crippen molar-refractivity contribution in [3.8, 4) is 10.8 Å². The van der Waals surface area contributed by atoms with E-state index in [0.29, 0.717) is 28.6 Å². The molecule has 0 atom stereocenters. The summed E-state index contributed by atoms with van der Waals surface area (Å²) >= 11 is 3.03. The lowest BCUT2D eigenvalue weighted by Crippen LogP contribution is -2.04. The Bertz CT molecular complexity index is 747. The van der Waals surface area contributed by atoms with E-state index < -0.39 is 0 Å². The third-order valence-electron chi connectivity index (χ3n) is 3.90. The molecule has 6 nitrogen and oxygen atoms in total. The molecule has 3 aromatic heterocycles. The van der Waals surface area contributed by atoms with E-state index in [-0.39, 0.29) is 0 Å². The molecule has 0 radical (unpaired) electrons. The molecule has 23 heavy (non-hydrogen) atoms. The average molecular weight is 348 g/mol. The first-order valence-corrected chi connectivity index (χ1v) is 9.57. The SMILES string of the molecule is c1csc(-c2nc(CSc3nnc(C4CCCCC4)o3)no2)c1. The van der Waals surface area contributed by atoms with Gasteiger partial charge in [-0.25, -0.2) is 0 Å². The van der Waals surface area contributed by atoms with Gasteiger partial charge < -0.3 is 8.94 Å². The first kappa shape index (κ1) is 14.9. The highest BCUT2D eigenvalue weighted by Crippen LogP contribution is 2.33. The first-order valence-electron chi connectivity index (χ1n) is 7.71. The average Bonchev–Trinajstić information content (AvgIpc) is 3.33. The lowest BCUT2D eigenvalue weighted by Gasteiger charge is -2.17. The molecular weight excluding hydrogens is 332 g/mol. The van der Waals surface area contributed by atoms with Crippen LogP contribution in [0.25, 0.3) is 10.8 Å². The highest BCUT2D eigenvalue weighted by atomic mass is 32.2. The van der Waals surface area contributed by atoms with E-state index in [0.717, 1.165) is 23.6 Å². The first-order chi connectivity index (χ1) is 11.4. The summed E-state index contributed by atoms with van der Waals surface area (Å²) in [6, 6.07) is 3.92. The molecule has 0 aromatic carbocycles. The molecule has 120 valence electrons. The van der Waals surface area contributed by atoms with Gasteiger partial charge in [0.05, 0.1) is 10.6 Å². The van der Waals surface area contributed by atoms with Crippen molar-refractivity contribution < 1.29 is 8.94 Å². The molecule has 0 bridgehead atoms. The predicted molar refractivity (Wildman–Crippen MR) is 87.3 cm³/mol. The second-order valence-corrected chi connectivity index (χ2v) is 7.40. The van der Waals surface area contributed by atoms with Crippen molar-refractivity contribution in [3.63, 3.8) is 0 Å². The number of hydrogen-bond donors (Lipinski definition) is 0. The maximum absolute atomic E-state index is 5.78. The number of aromatic nitrogens is 4. The molecule has 1 fully saturated rings. The van der Waals surface area contributed by atoms with Crippen LogP contribution in [0.15, 0.2) is 31.7 Å². The highest BCUT2D eigenvalue weighted by Gasteiger charge is 2.21. The normalized spacial score (nSPS) is 16.0. The second-order valence-electron chi connectivity index (χ2n) is 5.52. The molecule has 0 saturated heterocycles. The van der Waals surface area contributed by atoms with Gasteiger partial charge in [-0.1, -0.05) is 42.2 Å². The highest BCUT2D eigenvalue weighted by molar-refractivity contribution is 7.98. The van der Waals surface area contributed by atoms with Crippen molar-refractivity contribution >= 4 is 23.1 Å². The molecule has 3 heterocycles. The van der Waals surface area contributed by atoms with Gasteiger partial charge >= 0.3 is 0 Å². The van der Waals surface area contributed by atoms with Crippen LogP contribution in [-0.2, 0) is 5.75 Å². The van der Waals surface area contributed by atoms with E-state index in [9.17, 15) is 0 Å². The monoisotopic (exact) mass is 348 g/mol. The Morgan fingerprint density at radius 2 is 2.13 bits per heavy atom. The smallest absolute Gasteiger partial charge is 0.277 e. The van der Waals surface area contributed by atoms with E-state index >= 15 is 0 Å². The van der Waals surface area contributed by atoms with Crippen molar-refractivity contribution in [2.75, 3.05) is 0 Å². The fourth-order valence-corrected chi connectivity index (χ4v) is 3.99. The van der Waals surface area contributed by atoms with Crippen LogP contribution < -0.4 is 0 Å². The zero-order valence-electron chi connectivity index (χ0n) is 12.5. The van der Waals surface area contributed by atoms with Gasteiger partial charge in [0.1, 0.15) is 0 Å². The van der Waals surface area contributed by atoms with Crippen molar-refractivity contribution in [1.82, 2.24) is 20.3 Å². The van der Waals surface area contributed by atoms with Gasteiger partial charge in [-0.3, -0.25) is 0 Å². The maximum Gasteiger partial charge on any atom is 0.277 e. The second kappa shape index (κ2) is 6.84. The molecule has 0 unspecified atom stereocenters. The fraction of sp³-hybridized carbons (Fsp3) is 0.467. The Labute approximate surface area is 141 Å². The van der Waals surface area contributed by atoms with Crippen molar-refractivity contribution in [2.45, 2.75) is 49.0 Å². The van der Waals surface area contributed by atoms with E-state index in [1.807, 2.05) is 17.5 Å². The summed E-state index contributed by atoms with van der Waals surface area (Å²) in [6.07, 6.45) is 6.13. The summed E-state index contributed by atoms with van der Waals surface area (Å²) in [6.45, 7) is 0. The number of hydrogen-bond acceptors (Lipinski definition) is 8. The topological polar surface area (TPSA) is 77.8 Å². The predicted octanol–water partition coefficient (Wildman–Crippen LogP) is 4.52. The number of thiophene rings is 1. The van der Waals surface area contributed by atoms with E-state index in [4.69, 9.17) is 8.94 Å². The van der Waals surface area contributed by atoms with Crippen molar-refractivity contribution in [3.05, 3.63) is 29.2 Å². The number of nitrogens with zero attached hydrogens (tertiary/aromatic N) is 4. The summed E-state index contributed by atoms with van der Waals surface area (Å²) in [5.74, 6) is 2.96. The van der Waals surface area contributed by atoms with E-state index in [2.05, 4.69) is 20.3 Å². The Morgan fingerprint density at radius 1 is 1.22 bits per heavy atom. The number of rotatable bonds is 5. The molecule has 0 aliphatic heterocycles. The summed E-state index contributed by atoms with van der Waals surface area (Å²) in [7, 11) is 0. The fourth-order valence-electron chi connectivity index (χ4n) is 2.73. The van der Waals surface area contributed by atoms with Gasteiger partial charge in [-0.2, -0.15) is 4.98 Å². The summed E-state index contributed by atoms with van der Waals surface area (Å²) in [5, 5.41) is 14.9. The van der Waals surface area contributed by atoms with Crippen LogP contribution in [0, 0.1) is 0 Å². The summed E-state index contributed by atoms with van der Waals surface area (Å²) < 4.78 is 11.0. The molecule has 4 rings (SSSR count). The van der Waals surface area contributed by atoms with Crippen LogP contribution in [0.3, 0.4) is 0 Å². The standard InChI is InChI=1S/C15H16N4O2S2/c1-2-5-10(6-3-1)13-17-18-15(20-13)23-9-12-16-14(21-19-12)11-7-4-8-22-11/h4,7-8,10H,1-3,5-6,9H2. The molecule has 8 heteroatoms. The molecule has 3 aromatic rings. The lowest BCUT2D eigenvalue weighted by molar-refractivity contribution is 0.334.